The summed E-state index contributed by atoms with van der Waals surface area (Å²) in [5.41, 5.74) is 5.32. The van der Waals surface area contributed by atoms with Crippen molar-refractivity contribution in [2.45, 2.75) is 65.3 Å². The smallest absolute Gasteiger partial charge is 0.257 e. The Labute approximate surface area is 445 Å². The Hall–Kier alpha value is -6.26. The zero-order valence-electron chi connectivity index (χ0n) is 44.9. The van der Waals surface area contributed by atoms with E-state index in [1.165, 1.54) is 25.4 Å². The predicted octanol–water partition coefficient (Wildman–Crippen LogP) is 6.40. The highest BCUT2D eigenvalue weighted by atomic mass is 16.6. The minimum Gasteiger partial charge on any atom is -0.493 e. The van der Waals surface area contributed by atoms with Crippen LogP contribution in [0.3, 0.4) is 0 Å². The van der Waals surface area contributed by atoms with E-state index in [1.54, 1.807) is 38.3 Å². The van der Waals surface area contributed by atoms with Crippen LogP contribution < -0.4 is 23.7 Å². The standard InChI is InChI=1S/C56H74N6O14/c1-7-40-25-44-33-57-49-31-53(51(67-5)29-47(49)55(64)61(44)35-40)75-37-42-27-46(28-43(59-42)38-76-54-32-50-48(30-52(54)68-6)56(65)62-36-41(8-2)26-45(62)34-58-50)74-16-12-60(10-14-70-20-23-72-18-17-66-4)11-15-71-21-24-73-22-19-69-13-9-39(3)63/h7-8,27-34,44-45H,9-26,35-38H2,1-6H3/b40-7+,41-8+/t44-,45-/m0/s1. The molecule has 4 aliphatic heterocycles. The number of amides is 2. The van der Waals surface area contributed by atoms with Crippen molar-refractivity contribution in [1.29, 1.82) is 0 Å². The molecule has 0 radical (unpaired) electrons. The van der Waals surface area contributed by atoms with E-state index in [2.05, 4.69) is 17.1 Å². The van der Waals surface area contributed by atoms with E-state index >= 15 is 0 Å². The Kier molecular flexibility index (Phi) is 22.6. The van der Waals surface area contributed by atoms with Crippen molar-refractivity contribution in [2.24, 2.45) is 9.98 Å². The van der Waals surface area contributed by atoms with Crippen LogP contribution in [0.15, 0.2) is 69.7 Å². The summed E-state index contributed by atoms with van der Waals surface area (Å²) in [6.45, 7) is 13.7. The highest BCUT2D eigenvalue weighted by Crippen LogP contribution is 2.41. The third-order valence-electron chi connectivity index (χ3n) is 13.2. The summed E-state index contributed by atoms with van der Waals surface area (Å²) in [5.74, 6) is 1.95. The van der Waals surface area contributed by atoms with Crippen molar-refractivity contribution in [3.8, 4) is 28.7 Å². The molecule has 7 rings (SSSR count). The second kappa shape index (κ2) is 29.9. The van der Waals surface area contributed by atoms with Gasteiger partial charge < -0.3 is 61.9 Å². The lowest BCUT2D eigenvalue weighted by molar-refractivity contribution is -0.118. The highest BCUT2D eigenvalue weighted by Gasteiger charge is 2.36. The molecular formula is C56H74N6O14. The highest BCUT2D eigenvalue weighted by molar-refractivity contribution is 6.04. The molecule has 20 heteroatoms. The Morgan fingerprint density at radius 2 is 1.03 bits per heavy atom. The van der Waals surface area contributed by atoms with Crippen molar-refractivity contribution >= 4 is 41.4 Å². The normalized spacial score (nSPS) is 17.7. The van der Waals surface area contributed by atoms with Gasteiger partial charge in [0.2, 0.25) is 0 Å². The van der Waals surface area contributed by atoms with Gasteiger partial charge in [-0.05, 0) is 45.7 Å². The summed E-state index contributed by atoms with van der Waals surface area (Å²) >= 11 is 0. The van der Waals surface area contributed by atoms with Crippen LogP contribution >= 0.6 is 0 Å². The fourth-order valence-corrected chi connectivity index (χ4v) is 8.92. The summed E-state index contributed by atoms with van der Waals surface area (Å²) in [6, 6.07) is 10.2. The molecule has 2 fully saturated rings. The van der Waals surface area contributed by atoms with Crippen molar-refractivity contribution in [3.63, 3.8) is 0 Å². The molecule has 2 amide bonds. The van der Waals surface area contributed by atoms with Gasteiger partial charge in [-0.25, -0.2) is 0 Å². The van der Waals surface area contributed by atoms with Crippen LogP contribution in [0.5, 0.6) is 28.7 Å². The molecule has 2 atom stereocenters. The Morgan fingerprint density at radius 3 is 1.47 bits per heavy atom. The summed E-state index contributed by atoms with van der Waals surface area (Å²) in [6.07, 6.45) is 9.65. The molecule has 0 aliphatic carbocycles. The van der Waals surface area contributed by atoms with Crippen molar-refractivity contribution in [3.05, 3.63) is 82.2 Å². The first-order valence-corrected chi connectivity index (χ1v) is 26.0. The molecule has 5 heterocycles. The topological polar surface area (TPSA) is 200 Å². The molecule has 3 aromatic rings. The van der Waals surface area contributed by atoms with E-state index in [1.807, 2.05) is 48.2 Å². The Balaban J connectivity index is 1.04. The quantitative estimate of drug-likeness (QED) is 0.0479. The Morgan fingerprint density at radius 1 is 0.579 bits per heavy atom. The van der Waals surface area contributed by atoms with Gasteiger partial charge in [-0.2, -0.15) is 0 Å². The van der Waals surface area contributed by atoms with Crippen LogP contribution in [-0.4, -0.2) is 195 Å². The van der Waals surface area contributed by atoms with E-state index in [-0.39, 0.29) is 42.9 Å². The SMILES string of the molecule is C/C=C1\C[C@H]2C=Nc3cc(OCc4cc(OCCN(CCOCCOCCOC)CCOCCOCCOCCC(C)=O)cc(COc5cc6c(cc5OC)C(=O)N5C/C(=C/C)C[C@H]5C=N6)n4)c(OC)cc3C(=O)N2C1. The van der Waals surface area contributed by atoms with E-state index in [0.29, 0.717) is 181 Å². The average Bonchev–Trinajstić information content (AvgIpc) is 4.00. The van der Waals surface area contributed by atoms with E-state index in [9.17, 15) is 14.4 Å². The monoisotopic (exact) mass is 1050 g/mol. The van der Waals surface area contributed by atoms with Gasteiger partial charge in [-0.3, -0.25) is 34.3 Å². The lowest BCUT2D eigenvalue weighted by Gasteiger charge is -2.22. The molecule has 0 bridgehead atoms. The molecule has 20 nitrogen and oxygen atoms in total. The van der Waals surface area contributed by atoms with Gasteiger partial charge in [0.05, 0.1) is 133 Å². The van der Waals surface area contributed by atoms with Gasteiger partial charge in [0.1, 0.15) is 31.4 Å². The van der Waals surface area contributed by atoms with Gasteiger partial charge in [-0.15, -0.1) is 0 Å². The third-order valence-corrected chi connectivity index (χ3v) is 13.2. The summed E-state index contributed by atoms with van der Waals surface area (Å²) in [7, 11) is 4.71. The van der Waals surface area contributed by atoms with Crippen molar-refractivity contribution in [1.82, 2.24) is 19.7 Å². The number of ether oxygens (including phenoxy) is 11. The first-order valence-electron chi connectivity index (χ1n) is 26.0. The predicted molar refractivity (Wildman–Crippen MR) is 285 cm³/mol. The van der Waals surface area contributed by atoms with Gasteiger partial charge >= 0.3 is 0 Å². The number of fused-ring (bicyclic) bond motifs is 4. The maximum absolute atomic E-state index is 13.8. The number of Topliss-reactive ketones (excluding diaryl/α,β-unsaturated/α-hetero) is 1. The summed E-state index contributed by atoms with van der Waals surface area (Å²) in [5, 5.41) is 0. The molecule has 0 unspecified atom stereocenters. The number of benzene rings is 2. The van der Waals surface area contributed by atoms with Crippen LogP contribution in [-0.2, 0) is 46.4 Å². The molecular weight excluding hydrogens is 981 g/mol. The fourth-order valence-electron chi connectivity index (χ4n) is 8.92. The molecule has 76 heavy (non-hydrogen) atoms. The number of carbonyl (C=O) groups excluding carboxylic acids is 3. The van der Waals surface area contributed by atoms with Crippen LogP contribution in [0.4, 0.5) is 11.4 Å². The number of allylic oxidation sites excluding steroid dienone is 2. The molecule has 0 saturated carbocycles. The van der Waals surface area contributed by atoms with Crippen LogP contribution in [0.1, 0.15) is 72.1 Å². The maximum Gasteiger partial charge on any atom is 0.257 e. The lowest BCUT2D eigenvalue weighted by atomic mass is 10.1. The number of aliphatic imine (C=N–C) groups is 2. The molecule has 4 aliphatic rings. The number of nitrogens with zero attached hydrogens (tertiary/aromatic N) is 6. The fraction of sp³-hybridized carbons (Fsp3) is 0.536. The van der Waals surface area contributed by atoms with Gasteiger partial charge in [-0.1, -0.05) is 23.3 Å². The van der Waals surface area contributed by atoms with E-state index in [4.69, 9.17) is 67.1 Å². The molecule has 2 saturated heterocycles. The second-order valence-electron chi connectivity index (χ2n) is 18.5. The summed E-state index contributed by atoms with van der Waals surface area (Å²) < 4.78 is 64.4. The number of carbonyl (C=O) groups is 3. The van der Waals surface area contributed by atoms with Crippen LogP contribution in [0, 0.1) is 0 Å². The number of methoxy groups -OCH3 is 3. The molecule has 1 aromatic heterocycles. The number of aromatic nitrogens is 1. The van der Waals surface area contributed by atoms with Gasteiger partial charge in [0, 0.05) is 82.9 Å². The Bertz CT molecular complexity index is 2420. The molecule has 0 N–H and O–H groups in total. The van der Waals surface area contributed by atoms with Gasteiger partial charge in [0.25, 0.3) is 11.8 Å². The van der Waals surface area contributed by atoms with E-state index < -0.39 is 0 Å². The maximum atomic E-state index is 13.8. The summed E-state index contributed by atoms with van der Waals surface area (Å²) in [4.78, 5) is 59.0. The largest absolute Gasteiger partial charge is 0.493 e. The average molecular weight is 1060 g/mol. The number of pyridine rings is 1. The van der Waals surface area contributed by atoms with Crippen LogP contribution in [0.25, 0.3) is 0 Å². The van der Waals surface area contributed by atoms with Gasteiger partial charge in [0.15, 0.2) is 23.0 Å². The molecule has 412 valence electrons. The second-order valence-corrected chi connectivity index (χ2v) is 18.5. The molecule has 2 aromatic carbocycles. The molecule has 0 spiro atoms. The number of ketones is 1. The first kappa shape index (κ1) is 57.4. The zero-order valence-corrected chi connectivity index (χ0v) is 44.9. The van der Waals surface area contributed by atoms with Crippen molar-refractivity contribution < 1.29 is 66.5 Å². The number of hydrogen-bond acceptors (Lipinski definition) is 18. The number of rotatable bonds is 33. The van der Waals surface area contributed by atoms with Crippen molar-refractivity contribution in [2.75, 3.05) is 133 Å². The number of hydrogen-bond donors (Lipinski definition) is 0. The zero-order chi connectivity index (χ0) is 53.7. The minimum atomic E-state index is -0.127. The van der Waals surface area contributed by atoms with E-state index in [0.717, 1.165) is 12.8 Å². The lowest BCUT2D eigenvalue weighted by Crippen LogP contribution is -2.35. The third kappa shape index (κ3) is 16.4. The van der Waals surface area contributed by atoms with Crippen LogP contribution in [0.2, 0.25) is 0 Å². The minimum absolute atomic E-state index is 0.00853. The first-order chi connectivity index (χ1) is 37.1.